The molecule has 0 radical (unpaired) electrons. The second kappa shape index (κ2) is 7.36. The molecule has 2 heterocycles. The molecule has 28 heavy (non-hydrogen) atoms. The Morgan fingerprint density at radius 1 is 0.929 bits per heavy atom. The van der Waals surface area contributed by atoms with Gasteiger partial charge in [-0.15, -0.1) is 0 Å². The summed E-state index contributed by atoms with van der Waals surface area (Å²) >= 11 is 0. The fraction of sp³-hybridized carbons (Fsp3) is 0.333. The van der Waals surface area contributed by atoms with Crippen LogP contribution in [0, 0.1) is 0 Å². The third kappa shape index (κ3) is 3.29. The van der Waals surface area contributed by atoms with Crippen LogP contribution in [0.15, 0.2) is 60.8 Å². The number of aromatic nitrogens is 1. The average molecular weight is 371 g/mol. The predicted molar refractivity (Wildman–Crippen MR) is 111 cm³/mol. The van der Waals surface area contributed by atoms with E-state index in [0.717, 1.165) is 49.1 Å². The van der Waals surface area contributed by atoms with E-state index in [1.807, 2.05) is 35.2 Å². The largest absolute Gasteiger partial charge is 0.336 e. The van der Waals surface area contributed by atoms with Crippen LogP contribution in [0.25, 0.3) is 10.9 Å². The number of pyridine rings is 1. The third-order valence-corrected chi connectivity index (χ3v) is 6.29. The average Bonchev–Trinajstić information content (AvgIpc) is 2.78. The van der Waals surface area contributed by atoms with E-state index in [1.165, 1.54) is 24.0 Å². The molecule has 1 aliphatic carbocycles. The van der Waals surface area contributed by atoms with Crippen molar-refractivity contribution in [2.45, 2.75) is 25.3 Å². The Morgan fingerprint density at radius 2 is 1.75 bits per heavy atom. The predicted octanol–water partition coefficient (Wildman–Crippen LogP) is 3.55. The van der Waals surface area contributed by atoms with Crippen LogP contribution in [-0.4, -0.2) is 52.9 Å². The summed E-state index contributed by atoms with van der Waals surface area (Å²) in [5, 5.41) is 1.02. The summed E-state index contributed by atoms with van der Waals surface area (Å²) in [6.07, 6.45) is 5.32. The Balaban J connectivity index is 1.23. The summed E-state index contributed by atoms with van der Waals surface area (Å²) in [6.45, 7) is 3.55. The molecular formula is C24H25N3O. The number of carbonyl (C=O) groups is 1. The lowest BCUT2D eigenvalue weighted by atomic mass is 9.87. The molecule has 1 unspecified atom stereocenters. The van der Waals surface area contributed by atoms with Crippen molar-refractivity contribution in [3.63, 3.8) is 0 Å². The number of aryl methyl sites for hydroxylation is 1. The number of hydrogen-bond donors (Lipinski definition) is 0. The molecule has 1 aromatic heterocycles. The number of amides is 1. The van der Waals surface area contributed by atoms with Crippen molar-refractivity contribution < 1.29 is 4.79 Å². The minimum Gasteiger partial charge on any atom is -0.336 e. The molecule has 4 nitrogen and oxygen atoms in total. The van der Waals surface area contributed by atoms with Crippen molar-refractivity contribution in [3.05, 3.63) is 77.5 Å². The smallest absolute Gasteiger partial charge is 0.253 e. The zero-order valence-corrected chi connectivity index (χ0v) is 16.1. The van der Waals surface area contributed by atoms with Gasteiger partial charge in [-0.1, -0.05) is 30.3 Å². The molecule has 142 valence electrons. The maximum Gasteiger partial charge on any atom is 0.253 e. The first-order valence-corrected chi connectivity index (χ1v) is 10.2. The second-order valence-corrected chi connectivity index (χ2v) is 7.90. The zero-order valence-electron chi connectivity index (χ0n) is 16.1. The minimum atomic E-state index is 0.138. The molecule has 4 heteroatoms. The van der Waals surface area contributed by atoms with E-state index in [4.69, 9.17) is 0 Å². The highest BCUT2D eigenvalue weighted by Gasteiger charge is 2.29. The van der Waals surface area contributed by atoms with Gasteiger partial charge in [0, 0.05) is 49.4 Å². The van der Waals surface area contributed by atoms with Crippen LogP contribution in [-0.2, 0) is 12.8 Å². The first-order chi connectivity index (χ1) is 13.8. The molecule has 0 spiro atoms. The number of benzene rings is 2. The van der Waals surface area contributed by atoms with E-state index >= 15 is 0 Å². The Morgan fingerprint density at radius 3 is 2.61 bits per heavy atom. The Bertz CT molecular complexity index is 1010. The second-order valence-electron chi connectivity index (χ2n) is 7.90. The highest BCUT2D eigenvalue weighted by molar-refractivity contribution is 5.98. The molecule has 1 atom stereocenters. The summed E-state index contributed by atoms with van der Waals surface area (Å²) in [4.78, 5) is 21.9. The van der Waals surface area contributed by atoms with Gasteiger partial charge in [0.05, 0.1) is 5.52 Å². The number of fused-ring (bicyclic) bond motifs is 2. The summed E-state index contributed by atoms with van der Waals surface area (Å²) in [7, 11) is 0. The Hall–Kier alpha value is -2.72. The SMILES string of the molecule is O=C(c1ccc2ncccc2c1)N1CCN(C2CCc3ccccc3C2)CC1. The van der Waals surface area contributed by atoms with Crippen molar-refractivity contribution in [1.82, 2.24) is 14.8 Å². The molecule has 2 aliphatic rings. The molecule has 0 bridgehead atoms. The van der Waals surface area contributed by atoms with Crippen molar-refractivity contribution in [2.75, 3.05) is 26.2 Å². The molecule has 3 aromatic rings. The number of rotatable bonds is 2. The molecule has 1 saturated heterocycles. The molecule has 0 saturated carbocycles. The van der Waals surface area contributed by atoms with Gasteiger partial charge in [0.2, 0.25) is 0 Å². The van der Waals surface area contributed by atoms with Crippen LogP contribution >= 0.6 is 0 Å². The highest BCUT2D eigenvalue weighted by atomic mass is 16.2. The van der Waals surface area contributed by atoms with Crippen LogP contribution in [0.2, 0.25) is 0 Å². The van der Waals surface area contributed by atoms with Crippen LogP contribution in [0.5, 0.6) is 0 Å². The van der Waals surface area contributed by atoms with E-state index in [0.29, 0.717) is 6.04 Å². The van der Waals surface area contributed by atoms with Crippen molar-refractivity contribution >= 4 is 16.8 Å². The van der Waals surface area contributed by atoms with Crippen molar-refractivity contribution in [2.24, 2.45) is 0 Å². The van der Waals surface area contributed by atoms with Crippen LogP contribution < -0.4 is 0 Å². The standard InChI is InChI=1S/C24H25N3O/c28-24(21-8-10-23-20(16-21)6-3-11-25-23)27-14-12-26(13-15-27)22-9-7-18-4-1-2-5-19(18)17-22/h1-6,8,10-11,16,22H,7,9,12-15,17H2. The quantitative estimate of drug-likeness (QED) is 0.691. The first kappa shape index (κ1) is 17.4. The van der Waals surface area contributed by atoms with Gasteiger partial charge in [-0.05, 0) is 54.7 Å². The van der Waals surface area contributed by atoms with Gasteiger partial charge in [0.25, 0.3) is 5.91 Å². The first-order valence-electron chi connectivity index (χ1n) is 10.2. The van der Waals surface area contributed by atoms with Gasteiger partial charge in [-0.25, -0.2) is 0 Å². The summed E-state index contributed by atoms with van der Waals surface area (Å²) < 4.78 is 0. The van der Waals surface area contributed by atoms with E-state index in [9.17, 15) is 4.79 Å². The Kier molecular flexibility index (Phi) is 4.57. The van der Waals surface area contributed by atoms with Crippen LogP contribution in [0.4, 0.5) is 0 Å². The molecule has 1 amide bonds. The number of nitrogens with zero attached hydrogens (tertiary/aromatic N) is 3. The normalized spacial score (nSPS) is 20.1. The third-order valence-electron chi connectivity index (χ3n) is 6.29. The maximum absolute atomic E-state index is 13.0. The van der Waals surface area contributed by atoms with Crippen molar-refractivity contribution in [3.8, 4) is 0 Å². The van der Waals surface area contributed by atoms with E-state index in [1.54, 1.807) is 6.20 Å². The van der Waals surface area contributed by atoms with Crippen LogP contribution in [0.3, 0.4) is 0 Å². The van der Waals surface area contributed by atoms with Gasteiger partial charge in [0.15, 0.2) is 0 Å². The molecule has 0 N–H and O–H groups in total. The molecule has 2 aromatic carbocycles. The van der Waals surface area contributed by atoms with Crippen LogP contribution in [0.1, 0.15) is 27.9 Å². The van der Waals surface area contributed by atoms with E-state index < -0.39 is 0 Å². The van der Waals surface area contributed by atoms with Crippen molar-refractivity contribution in [1.29, 1.82) is 0 Å². The molecule has 5 rings (SSSR count). The van der Waals surface area contributed by atoms with Gasteiger partial charge >= 0.3 is 0 Å². The maximum atomic E-state index is 13.0. The summed E-state index contributed by atoms with van der Waals surface area (Å²) in [5.41, 5.74) is 4.71. The summed E-state index contributed by atoms with van der Waals surface area (Å²) in [5.74, 6) is 0.138. The fourth-order valence-corrected chi connectivity index (χ4v) is 4.67. The molecule has 1 aliphatic heterocycles. The monoisotopic (exact) mass is 371 g/mol. The van der Waals surface area contributed by atoms with Gasteiger partial charge < -0.3 is 4.90 Å². The van der Waals surface area contributed by atoms with Gasteiger partial charge in [-0.3, -0.25) is 14.7 Å². The lowest BCUT2D eigenvalue weighted by Crippen LogP contribution is -2.53. The minimum absolute atomic E-state index is 0.138. The molecular weight excluding hydrogens is 346 g/mol. The lowest BCUT2D eigenvalue weighted by Gasteiger charge is -2.41. The van der Waals surface area contributed by atoms with E-state index in [-0.39, 0.29) is 5.91 Å². The molecule has 1 fully saturated rings. The topological polar surface area (TPSA) is 36.4 Å². The zero-order chi connectivity index (χ0) is 18.9. The summed E-state index contributed by atoms with van der Waals surface area (Å²) in [6, 6.07) is 19.2. The Labute approximate surface area is 165 Å². The number of hydrogen-bond acceptors (Lipinski definition) is 3. The lowest BCUT2D eigenvalue weighted by molar-refractivity contribution is 0.0553. The highest BCUT2D eigenvalue weighted by Crippen LogP contribution is 2.25. The van der Waals surface area contributed by atoms with E-state index in [2.05, 4.69) is 34.1 Å². The number of piperazine rings is 1. The van der Waals surface area contributed by atoms with Gasteiger partial charge in [-0.2, -0.15) is 0 Å². The number of carbonyl (C=O) groups excluding carboxylic acids is 1. The fourth-order valence-electron chi connectivity index (χ4n) is 4.67. The van der Waals surface area contributed by atoms with Gasteiger partial charge in [0.1, 0.15) is 0 Å².